The van der Waals surface area contributed by atoms with Crippen LogP contribution in [0.5, 0.6) is 0 Å². The average molecular weight is 380 g/mol. The predicted molar refractivity (Wildman–Crippen MR) is 110 cm³/mol. The number of nitrogens with one attached hydrogen (secondary N) is 2. The zero-order valence-electron chi connectivity index (χ0n) is 15.2. The molecule has 0 saturated heterocycles. The van der Waals surface area contributed by atoms with Crippen LogP contribution < -0.4 is 10.6 Å². The number of rotatable bonds is 7. The maximum absolute atomic E-state index is 12.4. The second-order valence-corrected chi connectivity index (χ2v) is 6.84. The number of aryl methyl sites for hydroxylation is 1. The van der Waals surface area contributed by atoms with Crippen molar-refractivity contribution in [3.8, 4) is 0 Å². The van der Waals surface area contributed by atoms with Crippen LogP contribution in [0.2, 0.25) is 5.02 Å². The molecule has 0 bridgehead atoms. The van der Waals surface area contributed by atoms with E-state index in [4.69, 9.17) is 11.6 Å². The van der Waals surface area contributed by atoms with Gasteiger partial charge in [0.2, 0.25) is 0 Å². The van der Waals surface area contributed by atoms with Crippen molar-refractivity contribution in [2.24, 2.45) is 0 Å². The molecule has 0 unspecified atom stereocenters. The molecular formula is C22H22ClN3O. The molecule has 1 heterocycles. The lowest BCUT2D eigenvalue weighted by atomic mass is 10.1. The fraction of sp³-hybridized carbons (Fsp3) is 0.182. The molecule has 0 saturated carbocycles. The van der Waals surface area contributed by atoms with E-state index in [0.717, 1.165) is 12.0 Å². The summed E-state index contributed by atoms with van der Waals surface area (Å²) in [6, 6.07) is 19.4. The Hall–Kier alpha value is -2.85. The molecule has 3 aromatic rings. The van der Waals surface area contributed by atoms with Crippen molar-refractivity contribution in [2.45, 2.75) is 19.9 Å². The first-order chi connectivity index (χ1) is 13.1. The highest BCUT2D eigenvalue weighted by molar-refractivity contribution is 6.30. The Bertz CT molecular complexity index is 892. The lowest BCUT2D eigenvalue weighted by Crippen LogP contribution is -2.25. The first-order valence-corrected chi connectivity index (χ1v) is 9.26. The van der Waals surface area contributed by atoms with Crippen molar-refractivity contribution in [3.05, 3.63) is 94.1 Å². The van der Waals surface area contributed by atoms with Crippen molar-refractivity contribution in [1.29, 1.82) is 0 Å². The van der Waals surface area contributed by atoms with E-state index >= 15 is 0 Å². The minimum atomic E-state index is -0.107. The summed E-state index contributed by atoms with van der Waals surface area (Å²) in [5.41, 5.74) is 4.12. The first-order valence-electron chi connectivity index (χ1n) is 8.88. The molecule has 1 aromatic heterocycles. The molecule has 0 radical (unpaired) electrons. The van der Waals surface area contributed by atoms with Crippen molar-refractivity contribution >= 4 is 23.3 Å². The molecule has 0 aliphatic rings. The summed E-state index contributed by atoms with van der Waals surface area (Å²) < 4.78 is 0. The lowest BCUT2D eigenvalue weighted by molar-refractivity contribution is 0.0954. The molecule has 2 aromatic carbocycles. The van der Waals surface area contributed by atoms with Gasteiger partial charge in [0.05, 0.1) is 0 Å². The number of carbonyl (C=O) groups excluding carboxylic acids is 1. The fourth-order valence-corrected chi connectivity index (χ4v) is 2.77. The molecule has 2 N–H and O–H groups in total. The number of pyridine rings is 1. The fourth-order valence-electron chi connectivity index (χ4n) is 2.64. The van der Waals surface area contributed by atoms with Gasteiger partial charge in [0.15, 0.2) is 0 Å². The third kappa shape index (κ3) is 5.83. The molecule has 0 spiro atoms. The van der Waals surface area contributed by atoms with Crippen molar-refractivity contribution < 1.29 is 4.79 Å². The number of aromatic nitrogens is 1. The van der Waals surface area contributed by atoms with Gasteiger partial charge in [-0.25, -0.2) is 4.98 Å². The van der Waals surface area contributed by atoms with Gasteiger partial charge in [0, 0.05) is 29.9 Å². The third-order valence-electron chi connectivity index (χ3n) is 4.23. The molecule has 27 heavy (non-hydrogen) atoms. The molecule has 0 aliphatic heterocycles. The molecular weight excluding hydrogens is 358 g/mol. The topological polar surface area (TPSA) is 54.0 Å². The number of hydrogen-bond acceptors (Lipinski definition) is 3. The minimum Gasteiger partial charge on any atom is -0.366 e. The Balaban J connectivity index is 1.51. The lowest BCUT2D eigenvalue weighted by Gasteiger charge is -2.09. The Labute approximate surface area is 164 Å². The van der Waals surface area contributed by atoms with E-state index in [-0.39, 0.29) is 5.91 Å². The summed E-state index contributed by atoms with van der Waals surface area (Å²) in [5, 5.41) is 6.91. The minimum absolute atomic E-state index is 0.107. The van der Waals surface area contributed by atoms with Gasteiger partial charge in [-0.2, -0.15) is 0 Å². The molecule has 4 nitrogen and oxygen atoms in total. The molecule has 5 heteroatoms. The summed E-state index contributed by atoms with van der Waals surface area (Å²) >= 11 is 5.88. The number of amides is 1. The molecule has 0 atom stereocenters. The van der Waals surface area contributed by atoms with E-state index < -0.39 is 0 Å². The van der Waals surface area contributed by atoms with Crippen LogP contribution in [-0.4, -0.2) is 17.4 Å². The smallest absolute Gasteiger partial charge is 0.251 e. The summed E-state index contributed by atoms with van der Waals surface area (Å²) in [4.78, 5) is 16.7. The zero-order chi connectivity index (χ0) is 19.1. The van der Waals surface area contributed by atoms with Crippen molar-refractivity contribution in [2.75, 3.05) is 11.9 Å². The van der Waals surface area contributed by atoms with E-state index in [1.54, 1.807) is 18.3 Å². The first kappa shape index (κ1) is 18.9. The number of carbonyl (C=O) groups is 1. The van der Waals surface area contributed by atoms with Gasteiger partial charge in [-0.05, 0) is 48.7 Å². The third-order valence-corrected chi connectivity index (χ3v) is 4.48. The summed E-state index contributed by atoms with van der Waals surface area (Å²) in [6.45, 7) is 3.29. The van der Waals surface area contributed by atoms with E-state index in [2.05, 4.69) is 46.8 Å². The highest BCUT2D eigenvalue weighted by Crippen LogP contribution is 2.11. The average Bonchev–Trinajstić information content (AvgIpc) is 2.69. The SMILES string of the molecule is Cc1ccc(CNc2cc(C(=O)NCCc3ccc(Cl)cc3)ccn2)cc1. The number of hydrogen-bond donors (Lipinski definition) is 2. The number of benzene rings is 2. The molecule has 1 amide bonds. The van der Waals surface area contributed by atoms with Crippen molar-refractivity contribution in [3.63, 3.8) is 0 Å². The molecule has 0 fully saturated rings. The van der Waals surface area contributed by atoms with E-state index in [0.29, 0.717) is 29.5 Å². The van der Waals surface area contributed by atoms with Crippen LogP contribution >= 0.6 is 11.6 Å². The number of anilines is 1. The van der Waals surface area contributed by atoms with Crippen LogP contribution in [0.3, 0.4) is 0 Å². The second kappa shape index (κ2) is 9.19. The van der Waals surface area contributed by atoms with Crippen LogP contribution in [0.4, 0.5) is 5.82 Å². The monoisotopic (exact) mass is 379 g/mol. The standard InChI is InChI=1S/C22H22ClN3O/c1-16-2-4-18(5-3-16)15-26-21-14-19(11-13-24-21)22(27)25-12-10-17-6-8-20(23)9-7-17/h2-9,11,13-14H,10,12,15H2,1H3,(H,24,26)(H,25,27). The van der Waals surface area contributed by atoms with Gasteiger partial charge in [0.25, 0.3) is 5.91 Å². The predicted octanol–water partition coefficient (Wildman–Crippen LogP) is 4.63. The van der Waals surface area contributed by atoms with Crippen LogP contribution in [0.15, 0.2) is 66.9 Å². The van der Waals surface area contributed by atoms with Gasteiger partial charge in [0.1, 0.15) is 5.82 Å². The van der Waals surface area contributed by atoms with Gasteiger partial charge in [-0.15, -0.1) is 0 Å². The van der Waals surface area contributed by atoms with Crippen LogP contribution in [0.1, 0.15) is 27.0 Å². The number of nitrogens with zero attached hydrogens (tertiary/aromatic N) is 1. The van der Waals surface area contributed by atoms with E-state index in [9.17, 15) is 4.79 Å². The molecule has 0 aliphatic carbocycles. The summed E-state index contributed by atoms with van der Waals surface area (Å²) in [5.74, 6) is 0.575. The highest BCUT2D eigenvalue weighted by Gasteiger charge is 2.07. The van der Waals surface area contributed by atoms with Crippen LogP contribution in [0.25, 0.3) is 0 Å². The summed E-state index contributed by atoms with van der Waals surface area (Å²) in [7, 11) is 0. The normalized spacial score (nSPS) is 10.4. The molecule has 3 rings (SSSR count). The Morgan fingerprint density at radius 2 is 1.70 bits per heavy atom. The maximum atomic E-state index is 12.4. The van der Waals surface area contributed by atoms with Crippen LogP contribution in [0, 0.1) is 6.92 Å². The van der Waals surface area contributed by atoms with Gasteiger partial charge < -0.3 is 10.6 Å². The quantitative estimate of drug-likeness (QED) is 0.629. The van der Waals surface area contributed by atoms with Gasteiger partial charge in [-0.1, -0.05) is 53.6 Å². The van der Waals surface area contributed by atoms with E-state index in [1.165, 1.54) is 11.1 Å². The maximum Gasteiger partial charge on any atom is 0.251 e. The summed E-state index contributed by atoms with van der Waals surface area (Å²) in [6.07, 6.45) is 2.40. The van der Waals surface area contributed by atoms with Gasteiger partial charge in [-0.3, -0.25) is 4.79 Å². The Morgan fingerprint density at radius 1 is 1.00 bits per heavy atom. The largest absolute Gasteiger partial charge is 0.366 e. The Morgan fingerprint density at radius 3 is 2.44 bits per heavy atom. The van der Waals surface area contributed by atoms with Crippen molar-refractivity contribution in [1.82, 2.24) is 10.3 Å². The second-order valence-electron chi connectivity index (χ2n) is 6.40. The Kier molecular flexibility index (Phi) is 6.44. The molecule has 138 valence electrons. The van der Waals surface area contributed by atoms with E-state index in [1.807, 2.05) is 24.3 Å². The number of halogens is 1. The highest BCUT2D eigenvalue weighted by atomic mass is 35.5. The zero-order valence-corrected chi connectivity index (χ0v) is 16.0. The van der Waals surface area contributed by atoms with Gasteiger partial charge >= 0.3 is 0 Å². The van der Waals surface area contributed by atoms with Crippen LogP contribution in [-0.2, 0) is 13.0 Å².